The zero-order chi connectivity index (χ0) is 23.6. The van der Waals surface area contributed by atoms with E-state index in [4.69, 9.17) is 4.52 Å². The maximum Gasteiger partial charge on any atom is 0.433 e. The Bertz CT molecular complexity index is 1220. The summed E-state index contributed by atoms with van der Waals surface area (Å²) in [7, 11) is 0. The van der Waals surface area contributed by atoms with Crippen LogP contribution in [0.1, 0.15) is 23.0 Å². The Kier molecular flexibility index (Phi) is 6.10. The van der Waals surface area contributed by atoms with Crippen molar-refractivity contribution in [2.45, 2.75) is 13.1 Å². The van der Waals surface area contributed by atoms with Gasteiger partial charge in [-0.3, -0.25) is 0 Å². The molecule has 0 aliphatic carbocycles. The lowest BCUT2D eigenvalue weighted by molar-refractivity contribution is -0.0928. The zero-order valence-electron chi connectivity index (χ0n) is 16.3. The molecule has 0 fully saturated rings. The second kappa shape index (κ2) is 8.61. The minimum Gasteiger partial charge on any atom is -0.477 e. The fraction of sp³-hybridized carbons (Fsp3) is 0.0952. The number of carboxylic acids is 1. The Morgan fingerprint density at radius 2 is 1.75 bits per heavy atom. The average molecular weight is 451 g/mol. The van der Waals surface area contributed by atoms with Crippen LogP contribution in [0.3, 0.4) is 0 Å². The number of rotatable bonds is 6. The predicted molar refractivity (Wildman–Crippen MR) is 106 cm³/mol. The molecule has 0 aliphatic heterocycles. The minimum atomic E-state index is -5.08. The van der Waals surface area contributed by atoms with Gasteiger partial charge in [-0.2, -0.15) is 18.3 Å². The van der Waals surface area contributed by atoms with Crippen molar-refractivity contribution >= 4 is 23.9 Å². The highest BCUT2D eigenvalue weighted by Crippen LogP contribution is 2.40. The van der Waals surface area contributed by atoms with Gasteiger partial charge in [0.1, 0.15) is 22.9 Å². The van der Waals surface area contributed by atoms with Gasteiger partial charge in [-0.05, 0) is 37.3 Å². The van der Waals surface area contributed by atoms with Gasteiger partial charge in [0.2, 0.25) is 0 Å². The first-order valence-electron chi connectivity index (χ1n) is 8.84. The van der Waals surface area contributed by atoms with Gasteiger partial charge < -0.3 is 9.63 Å². The molecule has 0 unspecified atom stereocenters. The summed E-state index contributed by atoms with van der Waals surface area (Å²) in [5.41, 5.74) is -3.57. The van der Waals surface area contributed by atoms with Crippen LogP contribution in [0.5, 0.6) is 0 Å². The zero-order valence-corrected chi connectivity index (χ0v) is 16.3. The van der Waals surface area contributed by atoms with E-state index in [2.05, 4.69) is 17.0 Å². The molecule has 0 saturated heterocycles. The highest BCUT2D eigenvalue weighted by Gasteiger charge is 2.42. The van der Waals surface area contributed by atoms with E-state index in [1.54, 1.807) is 0 Å². The number of carboxylic acid groups (broad SMARTS) is 1. The SMILES string of the molecule is C=NN(/C(=C(\C)c1onc(-c2cccc(F)c2)c1C(=O)O)C(F)(F)F)c1cccc(F)c1. The van der Waals surface area contributed by atoms with Crippen LogP contribution in [0, 0.1) is 11.6 Å². The van der Waals surface area contributed by atoms with E-state index in [0.717, 1.165) is 37.3 Å². The number of anilines is 1. The van der Waals surface area contributed by atoms with Crippen molar-refractivity contribution in [1.82, 2.24) is 5.16 Å². The van der Waals surface area contributed by atoms with E-state index >= 15 is 0 Å². The fourth-order valence-corrected chi connectivity index (χ4v) is 3.07. The number of hydrazone groups is 1. The maximum atomic E-state index is 14.1. The molecule has 0 aliphatic rings. The predicted octanol–water partition coefficient (Wildman–Crippen LogP) is 5.73. The van der Waals surface area contributed by atoms with Crippen molar-refractivity contribution in [3.8, 4) is 11.3 Å². The van der Waals surface area contributed by atoms with E-state index < -0.39 is 46.4 Å². The van der Waals surface area contributed by atoms with E-state index in [0.29, 0.717) is 5.01 Å². The summed E-state index contributed by atoms with van der Waals surface area (Å²) in [5.74, 6) is -3.91. The van der Waals surface area contributed by atoms with Crippen molar-refractivity contribution in [3.05, 3.63) is 77.2 Å². The van der Waals surface area contributed by atoms with Crippen molar-refractivity contribution in [1.29, 1.82) is 0 Å². The Labute approximate surface area is 177 Å². The lowest BCUT2D eigenvalue weighted by Crippen LogP contribution is -2.29. The molecule has 0 amide bonds. The number of alkyl halides is 3. The molecule has 11 heteroatoms. The first-order chi connectivity index (χ1) is 15.0. The monoisotopic (exact) mass is 451 g/mol. The maximum absolute atomic E-state index is 14.1. The number of hydrogen-bond acceptors (Lipinski definition) is 5. The molecule has 0 spiro atoms. The summed E-state index contributed by atoms with van der Waals surface area (Å²) >= 11 is 0. The average Bonchev–Trinajstić information content (AvgIpc) is 3.16. The third-order valence-corrected chi connectivity index (χ3v) is 4.37. The van der Waals surface area contributed by atoms with Crippen LogP contribution in [-0.4, -0.2) is 29.1 Å². The molecule has 0 saturated carbocycles. The largest absolute Gasteiger partial charge is 0.477 e. The smallest absolute Gasteiger partial charge is 0.433 e. The fourth-order valence-electron chi connectivity index (χ4n) is 3.07. The van der Waals surface area contributed by atoms with E-state index in [-0.39, 0.29) is 16.9 Å². The number of carbonyl (C=O) groups is 1. The quantitative estimate of drug-likeness (QED) is 0.294. The van der Waals surface area contributed by atoms with Crippen molar-refractivity contribution in [2.24, 2.45) is 5.10 Å². The first kappa shape index (κ1) is 22.7. The summed E-state index contributed by atoms with van der Waals surface area (Å²) in [6.45, 7) is 4.06. The van der Waals surface area contributed by atoms with Gasteiger partial charge >= 0.3 is 12.1 Å². The van der Waals surface area contributed by atoms with Crippen molar-refractivity contribution in [3.63, 3.8) is 0 Å². The second-order valence-corrected chi connectivity index (χ2v) is 6.46. The molecule has 6 nitrogen and oxygen atoms in total. The number of halogens is 5. The Morgan fingerprint density at radius 3 is 2.28 bits per heavy atom. The minimum absolute atomic E-state index is 0.0115. The number of nitrogens with zero attached hydrogens (tertiary/aromatic N) is 3. The molecule has 1 aromatic heterocycles. The molecule has 0 bridgehead atoms. The normalized spacial score (nSPS) is 12.3. The van der Waals surface area contributed by atoms with Gasteiger partial charge in [0.15, 0.2) is 11.5 Å². The van der Waals surface area contributed by atoms with Gasteiger partial charge in [0.25, 0.3) is 0 Å². The van der Waals surface area contributed by atoms with Crippen LogP contribution in [0.2, 0.25) is 0 Å². The Morgan fingerprint density at radius 1 is 1.12 bits per heavy atom. The summed E-state index contributed by atoms with van der Waals surface area (Å²) in [6.07, 6.45) is -5.08. The molecule has 1 heterocycles. The number of allylic oxidation sites excluding steroid dienone is 2. The number of aromatic nitrogens is 1. The summed E-state index contributed by atoms with van der Waals surface area (Å²) < 4.78 is 74.3. The summed E-state index contributed by atoms with van der Waals surface area (Å²) in [5, 5.41) is 16.9. The third-order valence-electron chi connectivity index (χ3n) is 4.37. The Balaban J connectivity index is 2.28. The van der Waals surface area contributed by atoms with E-state index in [1.807, 2.05) is 0 Å². The summed E-state index contributed by atoms with van der Waals surface area (Å²) in [6, 6.07) is 8.82. The highest BCUT2D eigenvalue weighted by atomic mass is 19.4. The third kappa shape index (κ3) is 4.36. The van der Waals surface area contributed by atoms with Crippen LogP contribution in [0.25, 0.3) is 16.8 Å². The van der Waals surface area contributed by atoms with Gasteiger partial charge in [-0.1, -0.05) is 23.4 Å². The standard InChI is InChI=1S/C21H14F5N3O3/c1-11(19(21(24,25)26)29(27-2)15-8-4-7-14(23)10-15)18-16(20(30)31)17(28-32-18)12-5-3-6-13(22)9-12/h3-10H,2H2,1H3,(H,30,31)/b19-11+. The molecule has 1 N–H and O–H groups in total. The first-order valence-corrected chi connectivity index (χ1v) is 8.84. The molecule has 166 valence electrons. The van der Waals surface area contributed by atoms with Crippen LogP contribution in [0.4, 0.5) is 27.6 Å². The summed E-state index contributed by atoms with van der Waals surface area (Å²) in [4.78, 5) is 11.9. The van der Waals surface area contributed by atoms with E-state index in [1.165, 1.54) is 18.2 Å². The molecule has 0 radical (unpaired) electrons. The lowest BCUT2D eigenvalue weighted by Gasteiger charge is -2.25. The van der Waals surface area contributed by atoms with Crippen molar-refractivity contribution < 1.29 is 36.4 Å². The highest BCUT2D eigenvalue weighted by molar-refractivity contribution is 5.99. The molecule has 0 atom stereocenters. The topological polar surface area (TPSA) is 78.9 Å². The van der Waals surface area contributed by atoms with Crippen LogP contribution >= 0.6 is 0 Å². The van der Waals surface area contributed by atoms with Gasteiger partial charge in [0.05, 0.1) is 5.69 Å². The van der Waals surface area contributed by atoms with Crippen LogP contribution < -0.4 is 5.01 Å². The molecule has 32 heavy (non-hydrogen) atoms. The molecular formula is C21H14F5N3O3. The lowest BCUT2D eigenvalue weighted by atomic mass is 10.0. The van der Waals surface area contributed by atoms with Crippen molar-refractivity contribution in [2.75, 3.05) is 5.01 Å². The number of benzene rings is 2. The molecule has 3 rings (SSSR count). The Hall–Kier alpha value is -4.02. The van der Waals surface area contributed by atoms with Crippen LogP contribution in [-0.2, 0) is 0 Å². The van der Waals surface area contributed by atoms with E-state index in [9.17, 15) is 31.9 Å². The number of hydrogen-bond donors (Lipinski definition) is 1. The molecular weight excluding hydrogens is 437 g/mol. The van der Waals surface area contributed by atoms with Crippen LogP contribution in [0.15, 0.2) is 63.9 Å². The van der Waals surface area contributed by atoms with Gasteiger partial charge in [-0.15, -0.1) is 0 Å². The van der Waals surface area contributed by atoms with Gasteiger partial charge in [-0.25, -0.2) is 18.6 Å². The van der Waals surface area contributed by atoms with Gasteiger partial charge in [0, 0.05) is 17.9 Å². The molecule has 3 aromatic rings. The number of aromatic carboxylic acids is 1. The second-order valence-electron chi connectivity index (χ2n) is 6.46. The molecule has 2 aromatic carbocycles.